The lowest BCUT2D eigenvalue weighted by Crippen LogP contribution is -2.47. The van der Waals surface area contributed by atoms with Crippen LogP contribution < -0.4 is 5.32 Å². The first-order valence-corrected chi connectivity index (χ1v) is 7.09. The van der Waals surface area contributed by atoms with Gasteiger partial charge in [-0.3, -0.25) is 4.79 Å². The average molecular weight is 269 g/mol. The van der Waals surface area contributed by atoms with Crippen molar-refractivity contribution in [2.75, 3.05) is 5.75 Å². The summed E-state index contributed by atoms with van der Waals surface area (Å²) in [7, 11) is 0. The molecule has 0 bridgehead atoms. The van der Waals surface area contributed by atoms with Crippen molar-refractivity contribution in [3.63, 3.8) is 0 Å². The lowest BCUT2D eigenvalue weighted by Gasteiger charge is -2.31. The van der Waals surface area contributed by atoms with E-state index in [2.05, 4.69) is 20.8 Å². The van der Waals surface area contributed by atoms with Gasteiger partial charge in [0.2, 0.25) is 11.1 Å². The van der Waals surface area contributed by atoms with Gasteiger partial charge in [-0.15, -0.1) is 5.10 Å². The van der Waals surface area contributed by atoms with E-state index in [0.717, 1.165) is 12.8 Å². The minimum Gasteiger partial charge on any atom is -0.393 e. The highest BCUT2D eigenvalue weighted by Gasteiger charge is 2.30. The standard InChI is InChI=1S/C10H15N5O2S/c16-8-3-6(4-8)11-9(17)5-18-10-12-13-14-15(10)7-1-2-7/h6-8,16H,1-5H2,(H,11,17). The third kappa shape index (κ3) is 2.64. The molecule has 1 aromatic heterocycles. The number of amides is 1. The zero-order valence-electron chi connectivity index (χ0n) is 9.82. The maximum atomic E-state index is 11.7. The molecule has 1 amide bonds. The number of aromatic nitrogens is 4. The zero-order valence-corrected chi connectivity index (χ0v) is 10.6. The van der Waals surface area contributed by atoms with Gasteiger partial charge in [0.1, 0.15) is 0 Å². The lowest BCUT2D eigenvalue weighted by atomic mass is 9.89. The van der Waals surface area contributed by atoms with Crippen molar-refractivity contribution < 1.29 is 9.90 Å². The number of aliphatic hydroxyl groups is 1. The van der Waals surface area contributed by atoms with Crippen LogP contribution in [0.3, 0.4) is 0 Å². The van der Waals surface area contributed by atoms with Crippen LogP contribution in [0.1, 0.15) is 31.7 Å². The third-order valence-corrected chi connectivity index (χ3v) is 4.10. The van der Waals surface area contributed by atoms with Crippen molar-refractivity contribution in [1.82, 2.24) is 25.5 Å². The topological polar surface area (TPSA) is 92.9 Å². The van der Waals surface area contributed by atoms with Gasteiger partial charge in [-0.25, -0.2) is 4.68 Å². The van der Waals surface area contributed by atoms with Crippen molar-refractivity contribution in [1.29, 1.82) is 0 Å². The van der Waals surface area contributed by atoms with Crippen LogP contribution >= 0.6 is 11.8 Å². The average Bonchev–Trinajstić information content (AvgIpc) is 3.04. The molecule has 2 aliphatic carbocycles. The Hall–Kier alpha value is -1.15. The van der Waals surface area contributed by atoms with Gasteiger partial charge in [0.25, 0.3) is 0 Å². The van der Waals surface area contributed by atoms with E-state index >= 15 is 0 Å². The third-order valence-electron chi connectivity index (χ3n) is 3.17. The van der Waals surface area contributed by atoms with Crippen LogP contribution in [0.4, 0.5) is 0 Å². The zero-order chi connectivity index (χ0) is 12.5. The quantitative estimate of drug-likeness (QED) is 0.715. The number of rotatable bonds is 5. The second kappa shape index (κ2) is 4.85. The van der Waals surface area contributed by atoms with Crippen molar-refractivity contribution in [2.24, 2.45) is 0 Å². The summed E-state index contributed by atoms with van der Waals surface area (Å²) in [5.74, 6) is 0.293. The van der Waals surface area contributed by atoms with E-state index in [4.69, 9.17) is 5.11 Å². The number of aliphatic hydroxyl groups excluding tert-OH is 1. The molecule has 8 heteroatoms. The fourth-order valence-corrected chi connectivity index (χ4v) is 2.69. The molecule has 0 atom stereocenters. The van der Waals surface area contributed by atoms with E-state index in [-0.39, 0.29) is 18.1 Å². The highest BCUT2D eigenvalue weighted by molar-refractivity contribution is 7.99. The predicted molar refractivity (Wildman–Crippen MR) is 64.0 cm³/mol. The van der Waals surface area contributed by atoms with Crippen LogP contribution in [0.25, 0.3) is 0 Å². The number of thioether (sulfide) groups is 1. The largest absolute Gasteiger partial charge is 0.393 e. The Labute approximate surface area is 108 Å². The molecule has 0 unspecified atom stereocenters. The molecule has 2 aliphatic rings. The Kier molecular flexibility index (Phi) is 3.21. The number of hydrogen-bond donors (Lipinski definition) is 2. The summed E-state index contributed by atoms with van der Waals surface area (Å²) in [5.41, 5.74) is 0. The lowest BCUT2D eigenvalue weighted by molar-refractivity contribution is -0.120. The van der Waals surface area contributed by atoms with Crippen LogP contribution in [0.15, 0.2) is 5.16 Å². The number of nitrogens with one attached hydrogen (secondary N) is 1. The molecule has 0 saturated heterocycles. The molecule has 18 heavy (non-hydrogen) atoms. The first kappa shape index (κ1) is 11.9. The maximum Gasteiger partial charge on any atom is 0.230 e. The minimum atomic E-state index is -0.245. The fraction of sp³-hybridized carbons (Fsp3) is 0.800. The fourth-order valence-electron chi connectivity index (χ4n) is 1.93. The summed E-state index contributed by atoms with van der Waals surface area (Å²) in [4.78, 5) is 11.7. The van der Waals surface area contributed by atoms with E-state index in [1.54, 1.807) is 4.68 Å². The van der Waals surface area contributed by atoms with Gasteiger partial charge in [-0.1, -0.05) is 11.8 Å². The number of hydrogen-bond acceptors (Lipinski definition) is 6. The second-order valence-electron chi connectivity index (χ2n) is 4.82. The van der Waals surface area contributed by atoms with E-state index in [0.29, 0.717) is 29.8 Å². The number of nitrogens with zero attached hydrogens (tertiary/aromatic N) is 4. The first-order chi connectivity index (χ1) is 8.72. The highest BCUT2D eigenvalue weighted by atomic mass is 32.2. The van der Waals surface area contributed by atoms with Gasteiger partial charge in [0, 0.05) is 6.04 Å². The van der Waals surface area contributed by atoms with E-state index < -0.39 is 0 Å². The molecule has 1 aromatic rings. The number of tetrazole rings is 1. The molecule has 2 fully saturated rings. The molecule has 2 N–H and O–H groups in total. The summed E-state index contributed by atoms with van der Waals surface area (Å²) in [6, 6.07) is 0.555. The van der Waals surface area contributed by atoms with Crippen LogP contribution in [0.2, 0.25) is 0 Å². The van der Waals surface area contributed by atoms with Crippen LogP contribution in [0, 0.1) is 0 Å². The summed E-state index contributed by atoms with van der Waals surface area (Å²) in [6.07, 6.45) is 3.31. The van der Waals surface area contributed by atoms with Crippen molar-refractivity contribution in [3.05, 3.63) is 0 Å². The molecule has 3 rings (SSSR count). The van der Waals surface area contributed by atoms with Gasteiger partial charge in [-0.05, 0) is 36.1 Å². The van der Waals surface area contributed by atoms with Gasteiger partial charge >= 0.3 is 0 Å². The molecular weight excluding hydrogens is 254 g/mol. The molecule has 0 radical (unpaired) electrons. The summed E-state index contributed by atoms with van der Waals surface area (Å²) in [5, 5.41) is 24.2. The summed E-state index contributed by atoms with van der Waals surface area (Å²) < 4.78 is 1.80. The Morgan fingerprint density at radius 1 is 1.50 bits per heavy atom. The Morgan fingerprint density at radius 3 is 2.94 bits per heavy atom. The first-order valence-electron chi connectivity index (χ1n) is 6.10. The van der Waals surface area contributed by atoms with Crippen molar-refractivity contribution in [3.8, 4) is 0 Å². The SMILES string of the molecule is O=C(CSc1nnnn1C1CC1)NC1CC(O)C1. The molecule has 98 valence electrons. The molecule has 0 aromatic carbocycles. The maximum absolute atomic E-state index is 11.7. The Balaban J connectivity index is 1.45. The van der Waals surface area contributed by atoms with Crippen LogP contribution in [0.5, 0.6) is 0 Å². The molecule has 1 heterocycles. The van der Waals surface area contributed by atoms with Gasteiger partial charge in [0.15, 0.2) is 0 Å². The van der Waals surface area contributed by atoms with Crippen LogP contribution in [-0.2, 0) is 4.79 Å². The van der Waals surface area contributed by atoms with Crippen LogP contribution in [-0.4, -0.2) is 49.1 Å². The second-order valence-corrected chi connectivity index (χ2v) is 5.76. The van der Waals surface area contributed by atoms with Gasteiger partial charge < -0.3 is 10.4 Å². The summed E-state index contributed by atoms with van der Waals surface area (Å²) in [6.45, 7) is 0. The smallest absolute Gasteiger partial charge is 0.230 e. The number of carbonyl (C=O) groups is 1. The number of carbonyl (C=O) groups excluding carboxylic acids is 1. The minimum absolute atomic E-state index is 0.0257. The molecular formula is C10H15N5O2S. The predicted octanol–water partition coefficient (Wildman–Crippen LogP) is -0.260. The normalized spacial score (nSPS) is 26.7. The Bertz CT molecular complexity index is 441. The molecule has 7 nitrogen and oxygen atoms in total. The summed E-state index contributed by atoms with van der Waals surface area (Å²) >= 11 is 1.36. The van der Waals surface area contributed by atoms with Gasteiger partial charge in [-0.2, -0.15) is 0 Å². The van der Waals surface area contributed by atoms with E-state index in [1.807, 2.05) is 0 Å². The van der Waals surface area contributed by atoms with Gasteiger partial charge in [0.05, 0.1) is 17.9 Å². The van der Waals surface area contributed by atoms with Crippen molar-refractivity contribution in [2.45, 2.75) is 49.0 Å². The highest BCUT2D eigenvalue weighted by Crippen LogP contribution is 2.36. The van der Waals surface area contributed by atoms with E-state index in [9.17, 15) is 4.79 Å². The van der Waals surface area contributed by atoms with E-state index in [1.165, 1.54) is 11.8 Å². The molecule has 0 spiro atoms. The monoisotopic (exact) mass is 269 g/mol. The molecule has 2 saturated carbocycles. The molecule has 0 aliphatic heterocycles. The van der Waals surface area contributed by atoms with Crippen molar-refractivity contribution >= 4 is 17.7 Å². The Morgan fingerprint density at radius 2 is 2.28 bits per heavy atom.